The predicted octanol–water partition coefficient (Wildman–Crippen LogP) is 3.52. The summed E-state index contributed by atoms with van der Waals surface area (Å²) in [6.45, 7) is 4.95. The van der Waals surface area contributed by atoms with Crippen LogP contribution in [0.5, 0.6) is 0 Å². The minimum Gasteiger partial charge on any atom is -0.478 e. The average Bonchev–Trinajstić information content (AvgIpc) is 2.20. The van der Waals surface area contributed by atoms with Crippen LogP contribution in [0.2, 0.25) is 5.02 Å². The first-order valence-corrected chi connectivity index (χ1v) is 5.70. The minimum atomic E-state index is -1.32. The summed E-state index contributed by atoms with van der Waals surface area (Å²) in [6, 6.07) is 1.81. The molecule has 0 radical (unpaired) electrons. The monoisotopic (exact) mass is 289 g/mol. The maximum Gasteiger partial charge on any atom is 0.412 e. The Balaban J connectivity index is 2.97. The zero-order valence-electron chi connectivity index (χ0n) is 10.6. The number of amides is 1. The number of hydrogen-bond donors (Lipinski definition) is 2. The number of aromatic carboxylic acids is 1. The van der Waals surface area contributed by atoms with Crippen LogP contribution in [-0.4, -0.2) is 22.8 Å². The highest BCUT2D eigenvalue weighted by Crippen LogP contribution is 2.27. The van der Waals surface area contributed by atoms with Crippen molar-refractivity contribution in [3.05, 3.63) is 28.5 Å². The Bertz CT molecular complexity index is 502. The molecule has 0 aliphatic carbocycles. The molecule has 104 valence electrons. The molecule has 0 saturated carbocycles. The smallest absolute Gasteiger partial charge is 0.412 e. The highest BCUT2D eigenvalue weighted by Gasteiger charge is 2.20. The molecule has 0 fully saturated rings. The SMILES string of the molecule is CC(C)(C)OC(=O)Nc1c(F)cc(C(=O)O)cc1Cl. The molecule has 1 aromatic carbocycles. The molecule has 0 atom stereocenters. The molecule has 1 aromatic rings. The van der Waals surface area contributed by atoms with E-state index in [2.05, 4.69) is 5.32 Å². The third-order valence-electron chi connectivity index (χ3n) is 1.92. The topological polar surface area (TPSA) is 75.6 Å². The van der Waals surface area contributed by atoms with Gasteiger partial charge >= 0.3 is 12.1 Å². The van der Waals surface area contributed by atoms with Gasteiger partial charge in [0.15, 0.2) is 0 Å². The Kier molecular flexibility index (Phi) is 4.36. The van der Waals surface area contributed by atoms with Crippen molar-refractivity contribution in [2.24, 2.45) is 0 Å². The van der Waals surface area contributed by atoms with Crippen LogP contribution < -0.4 is 5.32 Å². The van der Waals surface area contributed by atoms with Crippen LogP contribution in [0, 0.1) is 5.82 Å². The zero-order valence-corrected chi connectivity index (χ0v) is 11.3. The van der Waals surface area contributed by atoms with Crippen LogP contribution in [-0.2, 0) is 4.74 Å². The predicted molar refractivity (Wildman–Crippen MR) is 68.2 cm³/mol. The molecule has 0 aliphatic heterocycles. The van der Waals surface area contributed by atoms with E-state index in [0.717, 1.165) is 12.1 Å². The van der Waals surface area contributed by atoms with Gasteiger partial charge in [0.25, 0.3) is 0 Å². The molecule has 0 aliphatic rings. The molecule has 19 heavy (non-hydrogen) atoms. The van der Waals surface area contributed by atoms with Gasteiger partial charge in [-0.05, 0) is 32.9 Å². The summed E-state index contributed by atoms with van der Waals surface area (Å²) in [6.07, 6.45) is -0.878. The van der Waals surface area contributed by atoms with Gasteiger partial charge in [-0.1, -0.05) is 11.6 Å². The van der Waals surface area contributed by atoms with Crippen LogP contribution in [0.25, 0.3) is 0 Å². The first kappa shape index (κ1) is 15.2. The second-order valence-corrected chi connectivity index (χ2v) is 5.15. The number of carboxylic acids is 1. The second kappa shape index (κ2) is 5.44. The van der Waals surface area contributed by atoms with Gasteiger partial charge in [-0.15, -0.1) is 0 Å². The number of ether oxygens (including phenoxy) is 1. The van der Waals surface area contributed by atoms with Crippen LogP contribution in [0.15, 0.2) is 12.1 Å². The Labute approximate surface area is 114 Å². The fourth-order valence-corrected chi connectivity index (χ4v) is 1.48. The number of anilines is 1. The molecule has 7 heteroatoms. The first-order chi connectivity index (χ1) is 8.60. The van der Waals surface area contributed by atoms with Gasteiger partial charge in [0, 0.05) is 0 Å². The van der Waals surface area contributed by atoms with E-state index in [1.807, 2.05) is 0 Å². The van der Waals surface area contributed by atoms with E-state index in [-0.39, 0.29) is 16.3 Å². The van der Waals surface area contributed by atoms with Gasteiger partial charge in [-0.3, -0.25) is 5.32 Å². The van der Waals surface area contributed by atoms with Crippen molar-refractivity contribution in [3.8, 4) is 0 Å². The van der Waals surface area contributed by atoms with Gasteiger partial charge in [-0.2, -0.15) is 0 Å². The van der Waals surface area contributed by atoms with Crippen molar-refractivity contribution >= 4 is 29.4 Å². The van der Waals surface area contributed by atoms with Gasteiger partial charge in [0.1, 0.15) is 11.4 Å². The summed E-state index contributed by atoms with van der Waals surface area (Å²) in [4.78, 5) is 22.2. The molecule has 0 aromatic heterocycles. The second-order valence-electron chi connectivity index (χ2n) is 4.75. The normalized spacial score (nSPS) is 11.0. The lowest BCUT2D eigenvalue weighted by Gasteiger charge is -2.20. The molecule has 0 bridgehead atoms. The van der Waals surface area contributed by atoms with Gasteiger partial charge < -0.3 is 9.84 Å². The third kappa shape index (κ3) is 4.40. The Hall–Kier alpha value is -1.82. The minimum absolute atomic E-state index is 0.219. The number of carboxylic acid groups (broad SMARTS) is 1. The van der Waals surface area contributed by atoms with Crippen molar-refractivity contribution in [3.63, 3.8) is 0 Å². The number of hydrogen-bond acceptors (Lipinski definition) is 3. The fraction of sp³-hybridized carbons (Fsp3) is 0.333. The zero-order chi connectivity index (χ0) is 14.8. The summed E-state index contributed by atoms with van der Waals surface area (Å²) >= 11 is 5.72. The largest absolute Gasteiger partial charge is 0.478 e. The lowest BCUT2D eigenvalue weighted by Crippen LogP contribution is -2.27. The maximum absolute atomic E-state index is 13.6. The number of rotatable bonds is 2. The summed E-state index contributed by atoms with van der Waals surface area (Å²) in [5.41, 5.74) is -1.37. The Morgan fingerprint density at radius 1 is 1.37 bits per heavy atom. The van der Waals surface area contributed by atoms with Crippen molar-refractivity contribution in [2.45, 2.75) is 26.4 Å². The summed E-state index contributed by atoms with van der Waals surface area (Å²) in [7, 11) is 0. The molecule has 0 heterocycles. The van der Waals surface area contributed by atoms with Crippen molar-refractivity contribution in [1.29, 1.82) is 0 Å². The van der Waals surface area contributed by atoms with E-state index in [1.54, 1.807) is 20.8 Å². The molecule has 5 nitrogen and oxygen atoms in total. The molecule has 2 N–H and O–H groups in total. The van der Waals surface area contributed by atoms with E-state index in [1.165, 1.54) is 0 Å². The maximum atomic E-state index is 13.6. The molecular weight excluding hydrogens is 277 g/mol. The van der Waals surface area contributed by atoms with Gasteiger partial charge in [0.05, 0.1) is 16.3 Å². The number of carbonyl (C=O) groups is 2. The number of carbonyl (C=O) groups excluding carboxylic acids is 1. The molecule has 1 rings (SSSR count). The first-order valence-electron chi connectivity index (χ1n) is 5.32. The molecule has 0 unspecified atom stereocenters. The Morgan fingerprint density at radius 2 is 1.95 bits per heavy atom. The lowest BCUT2D eigenvalue weighted by atomic mass is 10.2. The molecular formula is C12H13ClFNO4. The molecule has 1 amide bonds. The van der Waals surface area contributed by atoms with E-state index in [9.17, 15) is 14.0 Å². The summed E-state index contributed by atoms with van der Waals surface area (Å²) in [5, 5.41) is 10.6. The average molecular weight is 290 g/mol. The number of benzene rings is 1. The van der Waals surface area contributed by atoms with Gasteiger partial charge in [0.2, 0.25) is 0 Å². The third-order valence-corrected chi connectivity index (χ3v) is 2.21. The van der Waals surface area contributed by atoms with Crippen LogP contribution in [0.1, 0.15) is 31.1 Å². The summed E-state index contributed by atoms with van der Waals surface area (Å²) in [5.74, 6) is -2.26. The number of nitrogens with one attached hydrogen (secondary N) is 1. The molecule has 0 spiro atoms. The van der Waals surface area contributed by atoms with Crippen molar-refractivity contribution < 1.29 is 23.8 Å². The summed E-state index contributed by atoms with van der Waals surface area (Å²) < 4.78 is 18.6. The van der Waals surface area contributed by atoms with Crippen LogP contribution in [0.4, 0.5) is 14.9 Å². The number of halogens is 2. The van der Waals surface area contributed by atoms with Crippen molar-refractivity contribution in [2.75, 3.05) is 5.32 Å². The van der Waals surface area contributed by atoms with E-state index in [4.69, 9.17) is 21.4 Å². The fourth-order valence-electron chi connectivity index (χ4n) is 1.22. The Morgan fingerprint density at radius 3 is 2.37 bits per heavy atom. The lowest BCUT2D eigenvalue weighted by molar-refractivity contribution is 0.0634. The van der Waals surface area contributed by atoms with Crippen LogP contribution >= 0.6 is 11.6 Å². The standard InChI is InChI=1S/C12H13ClFNO4/c1-12(2,3)19-11(18)15-9-7(13)4-6(10(16)17)5-8(9)14/h4-5H,1-3H3,(H,15,18)(H,16,17). The van der Waals surface area contributed by atoms with Gasteiger partial charge in [-0.25, -0.2) is 14.0 Å². The van der Waals surface area contributed by atoms with Crippen LogP contribution in [0.3, 0.4) is 0 Å². The van der Waals surface area contributed by atoms with E-state index >= 15 is 0 Å². The van der Waals surface area contributed by atoms with E-state index in [0.29, 0.717) is 0 Å². The highest BCUT2D eigenvalue weighted by atomic mass is 35.5. The van der Waals surface area contributed by atoms with E-state index < -0.39 is 23.5 Å². The highest BCUT2D eigenvalue weighted by molar-refractivity contribution is 6.34. The van der Waals surface area contributed by atoms with Crippen molar-refractivity contribution in [1.82, 2.24) is 0 Å². The molecule has 0 saturated heterocycles. The quantitative estimate of drug-likeness (QED) is 0.873.